The zero-order valence-electron chi connectivity index (χ0n) is 17.4. The van der Waals surface area contributed by atoms with Crippen molar-refractivity contribution in [3.63, 3.8) is 0 Å². The molecule has 10 heteroatoms. The lowest BCUT2D eigenvalue weighted by Gasteiger charge is -2.12. The zero-order chi connectivity index (χ0) is 23.3. The molecular formula is C22H20N4O4S2. The number of rotatable bonds is 8. The van der Waals surface area contributed by atoms with Crippen LogP contribution in [0.5, 0.6) is 0 Å². The molecule has 8 nitrogen and oxygen atoms in total. The second-order valence-corrected chi connectivity index (χ2v) is 10.1. The summed E-state index contributed by atoms with van der Waals surface area (Å²) >= 11 is 1.33. The fourth-order valence-electron chi connectivity index (χ4n) is 2.79. The number of carbonyl (C=O) groups is 2. The number of ketones is 1. The van der Waals surface area contributed by atoms with Gasteiger partial charge in [-0.3, -0.25) is 9.59 Å². The Bertz CT molecular complexity index is 1310. The Morgan fingerprint density at radius 3 is 2.62 bits per heavy atom. The van der Waals surface area contributed by atoms with E-state index in [9.17, 15) is 18.0 Å². The minimum Gasteiger partial charge on any atom is -0.345 e. The number of carbonyl (C=O) groups excluding carboxylic acids is 2. The molecule has 0 fully saturated rings. The van der Waals surface area contributed by atoms with Gasteiger partial charge in [-0.25, -0.2) is 17.7 Å². The molecule has 2 aromatic carbocycles. The summed E-state index contributed by atoms with van der Waals surface area (Å²) in [5.74, 6) is -0.774. The molecule has 0 radical (unpaired) electrons. The van der Waals surface area contributed by atoms with Gasteiger partial charge in [-0.15, -0.1) is 11.3 Å². The van der Waals surface area contributed by atoms with Crippen LogP contribution in [0.3, 0.4) is 0 Å². The summed E-state index contributed by atoms with van der Waals surface area (Å²) < 4.78 is 25.5. The number of nitriles is 1. The van der Waals surface area contributed by atoms with Gasteiger partial charge in [-0.1, -0.05) is 18.2 Å². The van der Waals surface area contributed by atoms with Crippen molar-refractivity contribution in [1.29, 1.82) is 5.26 Å². The van der Waals surface area contributed by atoms with Gasteiger partial charge in [0.25, 0.3) is 5.91 Å². The first-order valence-electron chi connectivity index (χ1n) is 9.48. The molecule has 0 saturated carbocycles. The van der Waals surface area contributed by atoms with Crippen LogP contribution in [0, 0.1) is 11.3 Å². The van der Waals surface area contributed by atoms with E-state index in [0.29, 0.717) is 16.3 Å². The van der Waals surface area contributed by atoms with E-state index in [4.69, 9.17) is 5.26 Å². The third kappa shape index (κ3) is 5.45. The molecule has 3 aromatic rings. The maximum atomic E-state index is 12.4. The SMILES string of the molecule is CN(C)S(=O)(=O)c1cccc(C(=O)NCC(=O)Cc2nc(-c3cccc(C#N)c3)cs2)c1. The van der Waals surface area contributed by atoms with E-state index >= 15 is 0 Å². The Morgan fingerprint density at radius 1 is 1.16 bits per heavy atom. The highest BCUT2D eigenvalue weighted by atomic mass is 32.2. The molecule has 0 aliphatic rings. The van der Waals surface area contributed by atoms with Crippen molar-refractivity contribution in [1.82, 2.24) is 14.6 Å². The fraction of sp³-hybridized carbons (Fsp3) is 0.182. The summed E-state index contributed by atoms with van der Waals surface area (Å²) in [7, 11) is -0.853. The van der Waals surface area contributed by atoms with Crippen molar-refractivity contribution in [2.24, 2.45) is 0 Å². The molecule has 1 N–H and O–H groups in total. The molecule has 0 aliphatic carbocycles. The standard InChI is InChI=1S/C22H20N4O4S2/c1-26(2)32(29,30)19-8-4-7-17(10-19)22(28)24-13-18(27)11-21-25-20(14-31-21)16-6-3-5-15(9-16)12-23/h3-10,14H,11,13H2,1-2H3,(H,24,28). The van der Waals surface area contributed by atoms with Crippen LogP contribution in [-0.4, -0.2) is 50.0 Å². The predicted octanol–water partition coefficient (Wildman–Crippen LogP) is 2.47. The number of sulfonamides is 1. The van der Waals surface area contributed by atoms with Crippen molar-refractivity contribution < 1.29 is 18.0 Å². The molecule has 0 atom stereocenters. The van der Waals surface area contributed by atoms with Gasteiger partial charge >= 0.3 is 0 Å². The van der Waals surface area contributed by atoms with Crippen molar-refractivity contribution in [2.45, 2.75) is 11.3 Å². The zero-order valence-corrected chi connectivity index (χ0v) is 19.0. The number of thiazole rings is 1. The van der Waals surface area contributed by atoms with Crippen LogP contribution in [0.25, 0.3) is 11.3 Å². The number of hydrogen-bond donors (Lipinski definition) is 1. The lowest BCUT2D eigenvalue weighted by molar-refractivity contribution is -0.117. The van der Waals surface area contributed by atoms with Gasteiger partial charge in [0.1, 0.15) is 5.01 Å². The van der Waals surface area contributed by atoms with E-state index in [1.54, 1.807) is 18.2 Å². The van der Waals surface area contributed by atoms with Crippen molar-refractivity contribution >= 4 is 33.1 Å². The van der Waals surface area contributed by atoms with Crippen molar-refractivity contribution in [3.8, 4) is 17.3 Å². The highest BCUT2D eigenvalue weighted by Gasteiger charge is 2.19. The van der Waals surface area contributed by atoms with Gasteiger partial charge in [0.2, 0.25) is 10.0 Å². The molecule has 0 bridgehead atoms. The number of nitrogens with one attached hydrogen (secondary N) is 1. The van der Waals surface area contributed by atoms with Crippen LogP contribution in [-0.2, 0) is 21.2 Å². The Hall–Kier alpha value is -3.39. The van der Waals surface area contributed by atoms with Crippen molar-refractivity contribution in [2.75, 3.05) is 20.6 Å². The van der Waals surface area contributed by atoms with Crippen LogP contribution < -0.4 is 5.32 Å². The monoisotopic (exact) mass is 468 g/mol. The third-order valence-corrected chi connectivity index (χ3v) is 7.17. The summed E-state index contributed by atoms with van der Waals surface area (Å²) in [5, 5.41) is 14.0. The second kappa shape index (κ2) is 9.82. The van der Waals surface area contributed by atoms with Crippen LogP contribution >= 0.6 is 11.3 Å². The Kier molecular flexibility index (Phi) is 7.15. The molecule has 0 aliphatic heterocycles. The van der Waals surface area contributed by atoms with Gasteiger partial charge in [-0.2, -0.15) is 5.26 Å². The Balaban J connectivity index is 1.61. The molecule has 0 saturated heterocycles. The van der Waals surface area contributed by atoms with E-state index in [1.165, 1.54) is 49.7 Å². The first kappa shape index (κ1) is 23.3. The number of Topliss-reactive ketones (excluding diaryl/α,β-unsaturated/α-hetero) is 1. The molecule has 1 heterocycles. The first-order valence-corrected chi connectivity index (χ1v) is 11.8. The molecule has 1 aromatic heterocycles. The van der Waals surface area contributed by atoms with E-state index in [1.807, 2.05) is 11.4 Å². The van der Waals surface area contributed by atoms with E-state index in [-0.39, 0.29) is 29.2 Å². The molecular weight excluding hydrogens is 448 g/mol. The highest BCUT2D eigenvalue weighted by Crippen LogP contribution is 2.23. The molecule has 0 unspecified atom stereocenters. The molecule has 3 rings (SSSR count). The lowest BCUT2D eigenvalue weighted by atomic mass is 10.1. The number of benzene rings is 2. The number of aromatic nitrogens is 1. The highest BCUT2D eigenvalue weighted by molar-refractivity contribution is 7.89. The fourth-order valence-corrected chi connectivity index (χ4v) is 4.57. The maximum absolute atomic E-state index is 12.4. The van der Waals surface area contributed by atoms with Gasteiger partial charge in [0.15, 0.2) is 5.78 Å². The summed E-state index contributed by atoms with van der Waals surface area (Å²) in [6, 6.07) is 14.8. The Morgan fingerprint density at radius 2 is 1.91 bits per heavy atom. The molecule has 0 spiro atoms. The normalized spacial score (nSPS) is 11.2. The maximum Gasteiger partial charge on any atom is 0.251 e. The number of hydrogen-bond acceptors (Lipinski definition) is 7. The predicted molar refractivity (Wildman–Crippen MR) is 121 cm³/mol. The van der Waals surface area contributed by atoms with Gasteiger partial charge < -0.3 is 5.32 Å². The minimum atomic E-state index is -3.67. The number of amides is 1. The van der Waals surface area contributed by atoms with Gasteiger partial charge in [0.05, 0.1) is 35.2 Å². The Labute approximate surface area is 190 Å². The summed E-state index contributed by atoms with van der Waals surface area (Å²) in [6.45, 7) is -0.206. The summed E-state index contributed by atoms with van der Waals surface area (Å²) in [6.07, 6.45) is 0.0535. The summed E-state index contributed by atoms with van der Waals surface area (Å²) in [5.41, 5.74) is 2.14. The largest absolute Gasteiger partial charge is 0.345 e. The van der Waals surface area contributed by atoms with Gasteiger partial charge in [0, 0.05) is 30.6 Å². The lowest BCUT2D eigenvalue weighted by Crippen LogP contribution is -2.30. The second-order valence-electron chi connectivity index (χ2n) is 7.03. The smallest absolute Gasteiger partial charge is 0.251 e. The molecule has 1 amide bonds. The minimum absolute atomic E-state index is 0.00254. The average molecular weight is 469 g/mol. The molecule has 32 heavy (non-hydrogen) atoms. The molecule has 164 valence electrons. The number of nitrogens with zero attached hydrogens (tertiary/aromatic N) is 3. The van der Waals surface area contributed by atoms with E-state index in [0.717, 1.165) is 9.87 Å². The quantitative estimate of drug-likeness (QED) is 0.542. The van der Waals surface area contributed by atoms with Crippen molar-refractivity contribution in [3.05, 3.63) is 70.0 Å². The summed E-state index contributed by atoms with van der Waals surface area (Å²) in [4.78, 5) is 29.1. The van der Waals surface area contributed by atoms with E-state index in [2.05, 4.69) is 16.4 Å². The van der Waals surface area contributed by atoms with Gasteiger partial charge in [-0.05, 0) is 30.3 Å². The third-order valence-electron chi connectivity index (χ3n) is 4.51. The average Bonchev–Trinajstić information content (AvgIpc) is 3.26. The van der Waals surface area contributed by atoms with Crippen LogP contribution in [0.15, 0.2) is 58.8 Å². The van der Waals surface area contributed by atoms with Crippen LogP contribution in [0.1, 0.15) is 20.9 Å². The van der Waals surface area contributed by atoms with Crippen LogP contribution in [0.4, 0.5) is 0 Å². The first-order chi connectivity index (χ1) is 15.2. The topological polar surface area (TPSA) is 120 Å². The van der Waals surface area contributed by atoms with E-state index < -0.39 is 15.9 Å². The van der Waals surface area contributed by atoms with Crippen LogP contribution in [0.2, 0.25) is 0 Å².